The highest BCUT2D eigenvalue weighted by Crippen LogP contribution is 2.30. The molecule has 0 N–H and O–H groups in total. The minimum atomic E-state index is -0.167. The van der Waals surface area contributed by atoms with Crippen LogP contribution in [0.2, 0.25) is 0 Å². The summed E-state index contributed by atoms with van der Waals surface area (Å²) in [7, 11) is 0. The minimum Gasteiger partial charge on any atom is -0.375 e. The second-order valence-corrected chi connectivity index (χ2v) is 4.17. The van der Waals surface area contributed by atoms with Gasteiger partial charge in [-0.15, -0.1) is 0 Å². The van der Waals surface area contributed by atoms with E-state index >= 15 is 0 Å². The molecular weight excluding hydrogens is 179 g/mol. The molecule has 1 fully saturated rings. The molecule has 1 atom stereocenters. The zero-order valence-electron chi connectivity index (χ0n) is 8.42. The van der Waals surface area contributed by atoms with E-state index in [-0.39, 0.29) is 11.4 Å². The molecule has 0 radical (unpaired) electrons. The fraction of sp³-hybridized carbons (Fsp3) is 0.500. The molecule has 1 aromatic rings. The SMILES string of the molecule is CC1(CCc2ccc(F)cc2)CCO1. The van der Waals surface area contributed by atoms with E-state index in [1.54, 1.807) is 0 Å². The van der Waals surface area contributed by atoms with Gasteiger partial charge in [-0.3, -0.25) is 0 Å². The number of hydrogen-bond donors (Lipinski definition) is 0. The van der Waals surface area contributed by atoms with Gasteiger partial charge in [-0.25, -0.2) is 4.39 Å². The van der Waals surface area contributed by atoms with Crippen LogP contribution in [0, 0.1) is 5.82 Å². The van der Waals surface area contributed by atoms with E-state index in [2.05, 4.69) is 6.92 Å². The molecule has 2 rings (SSSR count). The third-order valence-corrected chi connectivity index (χ3v) is 2.94. The maximum absolute atomic E-state index is 12.6. The Morgan fingerprint density at radius 2 is 2.00 bits per heavy atom. The Morgan fingerprint density at radius 1 is 1.36 bits per heavy atom. The second-order valence-electron chi connectivity index (χ2n) is 4.17. The van der Waals surface area contributed by atoms with Crippen molar-refractivity contribution in [1.29, 1.82) is 0 Å². The van der Waals surface area contributed by atoms with Crippen molar-refractivity contribution in [3.63, 3.8) is 0 Å². The summed E-state index contributed by atoms with van der Waals surface area (Å²) >= 11 is 0. The molecular formula is C12H15FO. The maximum Gasteiger partial charge on any atom is 0.123 e. The number of hydrogen-bond acceptors (Lipinski definition) is 1. The van der Waals surface area contributed by atoms with Crippen molar-refractivity contribution in [2.45, 2.75) is 31.8 Å². The molecule has 0 aromatic heterocycles. The number of aryl methyl sites for hydroxylation is 1. The van der Waals surface area contributed by atoms with Gasteiger partial charge in [0.1, 0.15) is 5.82 Å². The van der Waals surface area contributed by atoms with E-state index in [0.717, 1.165) is 25.9 Å². The van der Waals surface area contributed by atoms with Gasteiger partial charge in [-0.1, -0.05) is 12.1 Å². The molecule has 2 heteroatoms. The van der Waals surface area contributed by atoms with E-state index in [9.17, 15) is 4.39 Å². The molecule has 0 bridgehead atoms. The van der Waals surface area contributed by atoms with Crippen molar-refractivity contribution in [3.8, 4) is 0 Å². The molecule has 0 aliphatic carbocycles. The smallest absolute Gasteiger partial charge is 0.123 e. The Labute approximate surface area is 83.9 Å². The lowest BCUT2D eigenvalue weighted by Gasteiger charge is -2.38. The summed E-state index contributed by atoms with van der Waals surface area (Å²) in [5.74, 6) is -0.167. The summed E-state index contributed by atoms with van der Waals surface area (Å²) in [6.45, 7) is 3.03. The largest absolute Gasteiger partial charge is 0.375 e. The fourth-order valence-corrected chi connectivity index (χ4v) is 1.71. The Hall–Kier alpha value is -0.890. The molecule has 14 heavy (non-hydrogen) atoms. The normalized spacial score (nSPS) is 25.9. The lowest BCUT2D eigenvalue weighted by atomic mass is 9.90. The molecule has 1 aliphatic heterocycles. The number of halogens is 1. The lowest BCUT2D eigenvalue weighted by molar-refractivity contribution is -0.137. The topological polar surface area (TPSA) is 9.23 Å². The van der Waals surface area contributed by atoms with Crippen LogP contribution in [0.4, 0.5) is 4.39 Å². The molecule has 1 unspecified atom stereocenters. The zero-order chi connectivity index (χ0) is 10.0. The Bertz CT molecular complexity index is 301. The van der Waals surface area contributed by atoms with Gasteiger partial charge in [-0.2, -0.15) is 0 Å². The number of rotatable bonds is 3. The molecule has 1 aromatic carbocycles. The Kier molecular flexibility index (Phi) is 2.55. The van der Waals surface area contributed by atoms with E-state index in [1.807, 2.05) is 12.1 Å². The van der Waals surface area contributed by atoms with Crippen molar-refractivity contribution in [3.05, 3.63) is 35.6 Å². The molecule has 1 aliphatic rings. The van der Waals surface area contributed by atoms with Crippen LogP contribution in [-0.4, -0.2) is 12.2 Å². The second kappa shape index (κ2) is 3.70. The van der Waals surface area contributed by atoms with Gasteiger partial charge in [0.15, 0.2) is 0 Å². The van der Waals surface area contributed by atoms with Gasteiger partial charge in [0.2, 0.25) is 0 Å². The summed E-state index contributed by atoms with van der Waals surface area (Å²) in [5.41, 5.74) is 1.26. The quantitative estimate of drug-likeness (QED) is 0.718. The highest BCUT2D eigenvalue weighted by molar-refractivity contribution is 5.16. The van der Waals surface area contributed by atoms with Gasteiger partial charge < -0.3 is 4.74 Å². The zero-order valence-corrected chi connectivity index (χ0v) is 8.42. The van der Waals surface area contributed by atoms with E-state index < -0.39 is 0 Å². The van der Waals surface area contributed by atoms with Gasteiger partial charge in [0.25, 0.3) is 0 Å². The van der Waals surface area contributed by atoms with Gasteiger partial charge in [0, 0.05) is 0 Å². The molecule has 1 nitrogen and oxygen atoms in total. The average molecular weight is 194 g/mol. The third kappa shape index (κ3) is 2.13. The summed E-state index contributed by atoms with van der Waals surface area (Å²) < 4.78 is 18.1. The van der Waals surface area contributed by atoms with Crippen LogP contribution in [0.25, 0.3) is 0 Å². The minimum absolute atomic E-state index is 0.0778. The molecule has 76 valence electrons. The first-order chi connectivity index (χ1) is 6.68. The summed E-state index contributed by atoms with van der Waals surface area (Å²) in [6.07, 6.45) is 3.14. The van der Waals surface area contributed by atoms with Crippen molar-refractivity contribution < 1.29 is 9.13 Å². The van der Waals surface area contributed by atoms with Crippen molar-refractivity contribution >= 4 is 0 Å². The fourth-order valence-electron chi connectivity index (χ4n) is 1.71. The predicted molar refractivity (Wildman–Crippen MR) is 53.7 cm³/mol. The first-order valence-electron chi connectivity index (χ1n) is 5.06. The van der Waals surface area contributed by atoms with Crippen LogP contribution >= 0.6 is 0 Å². The van der Waals surface area contributed by atoms with E-state index in [0.29, 0.717) is 0 Å². The molecule has 1 saturated heterocycles. The number of benzene rings is 1. The van der Waals surface area contributed by atoms with Gasteiger partial charge >= 0.3 is 0 Å². The van der Waals surface area contributed by atoms with Crippen LogP contribution in [0.3, 0.4) is 0 Å². The molecule has 0 spiro atoms. The van der Waals surface area contributed by atoms with Crippen molar-refractivity contribution in [2.24, 2.45) is 0 Å². The first kappa shape index (κ1) is 9.66. The Balaban J connectivity index is 1.88. The van der Waals surface area contributed by atoms with Crippen molar-refractivity contribution in [2.75, 3.05) is 6.61 Å². The number of ether oxygens (including phenoxy) is 1. The predicted octanol–water partition coefficient (Wildman–Crippen LogP) is 2.94. The third-order valence-electron chi connectivity index (χ3n) is 2.94. The summed E-state index contributed by atoms with van der Waals surface area (Å²) in [5, 5.41) is 0. The van der Waals surface area contributed by atoms with Crippen LogP contribution in [0.5, 0.6) is 0 Å². The van der Waals surface area contributed by atoms with Gasteiger partial charge in [0.05, 0.1) is 12.2 Å². The Morgan fingerprint density at radius 3 is 2.50 bits per heavy atom. The van der Waals surface area contributed by atoms with E-state index in [1.165, 1.54) is 17.7 Å². The maximum atomic E-state index is 12.6. The van der Waals surface area contributed by atoms with E-state index in [4.69, 9.17) is 4.74 Å². The average Bonchev–Trinajstić information content (AvgIpc) is 2.14. The monoisotopic (exact) mass is 194 g/mol. The van der Waals surface area contributed by atoms with Crippen LogP contribution in [0.15, 0.2) is 24.3 Å². The lowest BCUT2D eigenvalue weighted by Crippen LogP contribution is -2.40. The summed E-state index contributed by atoms with van der Waals surface area (Å²) in [4.78, 5) is 0. The highest BCUT2D eigenvalue weighted by Gasteiger charge is 2.32. The first-order valence-corrected chi connectivity index (χ1v) is 5.06. The van der Waals surface area contributed by atoms with Crippen LogP contribution in [-0.2, 0) is 11.2 Å². The van der Waals surface area contributed by atoms with Crippen molar-refractivity contribution in [1.82, 2.24) is 0 Å². The van der Waals surface area contributed by atoms with Crippen LogP contribution < -0.4 is 0 Å². The molecule has 0 saturated carbocycles. The summed E-state index contributed by atoms with van der Waals surface area (Å²) in [6, 6.07) is 6.72. The molecule has 1 heterocycles. The standard InChI is InChI=1S/C12H15FO/c1-12(8-9-14-12)7-6-10-2-4-11(13)5-3-10/h2-5H,6-9H2,1H3. The highest BCUT2D eigenvalue weighted by atomic mass is 19.1. The van der Waals surface area contributed by atoms with Crippen LogP contribution in [0.1, 0.15) is 25.3 Å². The van der Waals surface area contributed by atoms with Gasteiger partial charge in [-0.05, 0) is 43.9 Å². The molecule has 0 amide bonds.